The SMILES string of the molecule is CCCn1c(C(C)Cl)nc2c(S(C)(=O)=O)cccc21. The van der Waals surface area contributed by atoms with Crippen LogP contribution in [0.3, 0.4) is 0 Å². The number of imidazole rings is 1. The van der Waals surface area contributed by atoms with Crippen molar-refractivity contribution in [1.29, 1.82) is 0 Å². The number of fused-ring (bicyclic) bond motifs is 1. The predicted molar refractivity (Wildman–Crippen MR) is 77.4 cm³/mol. The summed E-state index contributed by atoms with van der Waals surface area (Å²) in [6.45, 7) is 4.68. The molecule has 0 spiro atoms. The molecule has 0 N–H and O–H groups in total. The van der Waals surface area contributed by atoms with Crippen molar-refractivity contribution < 1.29 is 8.42 Å². The van der Waals surface area contributed by atoms with E-state index < -0.39 is 9.84 Å². The van der Waals surface area contributed by atoms with Crippen LogP contribution in [0.5, 0.6) is 0 Å². The second-order valence-corrected chi connectivity index (χ2v) is 7.27. The average molecular weight is 301 g/mol. The summed E-state index contributed by atoms with van der Waals surface area (Å²) < 4.78 is 25.6. The highest BCUT2D eigenvalue weighted by molar-refractivity contribution is 7.91. The molecule has 0 aliphatic heterocycles. The number of rotatable bonds is 4. The van der Waals surface area contributed by atoms with E-state index in [0.29, 0.717) is 5.52 Å². The second kappa shape index (κ2) is 5.13. The van der Waals surface area contributed by atoms with E-state index in [1.54, 1.807) is 12.1 Å². The van der Waals surface area contributed by atoms with E-state index in [-0.39, 0.29) is 10.3 Å². The molecule has 1 atom stereocenters. The summed E-state index contributed by atoms with van der Waals surface area (Å²) >= 11 is 6.15. The Labute approximate surface area is 118 Å². The summed E-state index contributed by atoms with van der Waals surface area (Å²) in [5.41, 5.74) is 1.34. The number of alkyl halides is 1. The third-order valence-electron chi connectivity index (χ3n) is 2.97. The molecule has 104 valence electrons. The fraction of sp³-hybridized carbons (Fsp3) is 0.462. The number of para-hydroxylation sites is 1. The van der Waals surface area contributed by atoms with Gasteiger partial charge in [0.05, 0.1) is 15.8 Å². The molecule has 0 saturated carbocycles. The number of hydrogen-bond donors (Lipinski definition) is 0. The van der Waals surface area contributed by atoms with Crippen LogP contribution < -0.4 is 0 Å². The molecule has 0 aliphatic carbocycles. The molecule has 1 aromatic carbocycles. The van der Waals surface area contributed by atoms with Crippen molar-refractivity contribution in [2.45, 2.75) is 37.1 Å². The van der Waals surface area contributed by atoms with Gasteiger partial charge in [-0.1, -0.05) is 13.0 Å². The molecular weight excluding hydrogens is 284 g/mol. The number of benzene rings is 1. The topological polar surface area (TPSA) is 52.0 Å². The highest BCUT2D eigenvalue weighted by atomic mass is 35.5. The van der Waals surface area contributed by atoms with Gasteiger partial charge in [-0.05, 0) is 25.5 Å². The van der Waals surface area contributed by atoms with Gasteiger partial charge in [0.25, 0.3) is 0 Å². The van der Waals surface area contributed by atoms with Crippen LogP contribution in [-0.4, -0.2) is 24.2 Å². The maximum atomic E-state index is 11.8. The number of halogens is 1. The zero-order chi connectivity index (χ0) is 14.2. The van der Waals surface area contributed by atoms with Gasteiger partial charge in [-0.3, -0.25) is 0 Å². The molecule has 19 heavy (non-hydrogen) atoms. The first-order valence-corrected chi connectivity index (χ1v) is 8.52. The van der Waals surface area contributed by atoms with Gasteiger partial charge in [-0.2, -0.15) is 0 Å². The molecule has 2 aromatic rings. The van der Waals surface area contributed by atoms with Gasteiger partial charge in [0.15, 0.2) is 9.84 Å². The molecular formula is C13H17ClN2O2S. The summed E-state index contributed by atoms with van der Waals surface area (Å²) in [6, 6.07) is 5.22. The van der Waals surface area contributed by atoms with Crippen molar-refractivity contribution in [2.75, 3.05) is 6.26 Å². The lowest BCUT2D eigenvalue weighted by atomic mass is 10.3. The van der Waals surface area contributed by atoms with Crippen molar-refractivity contribution in [1.82, 2.24) is 9.55 Å². The van der Waals surface area contributed by atoms with E-state index in [9.17, 15) is 8.42 Å². The lowest BCUT2D eigenvalue weighted by molar-refractivity contribution is 0.602. The highest BCUT2D eigenvalue weighted by Gasteiger charge is 2.20. The Bertz CT molecular complexity index is 705. The Morgan fingerprint density at radius 3 is 2.63 bits per heavy atom. The lowest BCUT2D eigenvalue weighted by Gasteiger charge is -2.08. The first kappa shape index (κ1) is 14.3. The maximum Gasteiger partial charge on any atom is 0.177 e. The smallest absolute Gasteiger partial charge is 0.177 e. The van der Waals surface area contributed by atoms with E-state index in [2.05, 4.69) is 11.9 Å². The van der Waals surface area contributed by atoms with Crippen LogP contribution in [0.15, 0.2) is 23.1 Å². The molecule has 0 radical (unpaired) electrons. The molecule has 0 saturated heterocycles. The quantitative estimate of drug-likeness (QED) is 0.815. The monoisotopic (exact) mass is 300 g/mol. The van der Waals surface area contributed by atoms with E-state index in [1.807, 2.05) is 17.6 Å². The number of sulfone groups is 1. The van der Waals surface area contributed by atoms with Gasteiger partial charge in [0.2, 0.25) is 0 Å². The second-order valence-electron chi connectivity index (χ2n) is 4.63. The van der Waals surface area contributed by atoms with Crippen LogP contribution in [-0.2, 0) is 16.4 Å². The Morgan fingerprint density at radius 1 is 1.42 bits per heavy atom. The van der Waals surface area contributed by atoms with Crippen LogP contribution in [0.4, 0.5) is 0 Å². The molecule has 2 rings (SSSR count). The molecule has 6 heteroatoms. The fourth-order valence-corrected chi connectivity index (χ4v) is 3.19. The van der Waals surface area contributed by atoms with Crippen LogP contribution in [0.2, 0.25) is 0 Å². The molecule has 0 aliphatic rings. The van der Waals surface area contributed by atoms with Crippen LogP contribution in [0, 0.1) is 0 Å². The van der Waals surface area contributed by atoms with E-state index in [4.69, 9.17) is 11.6 Å². The molecule has 0 bridgehead atoms. The minimum atomic E-state index is -3.29. The van der Waals surface area contributed by atoms with Gasteiger partial charge in [0.1, 0.15) is 11.3 Å². The predicted octanol–water partition coefficient (Wildman–Crippen LogP) is 3.15. The van der Waals surface area contributed by atoms with Crippen LogP contribution >= 0.6 is 11.6 Å². The Morgan fingerprint density at radius 2 is 2.11 bits per heavy atom. The molecule has 0 amide bonds. The zero-order valence-corrected chi connectivity index (χ0v) is 12.8. The minimum Gasteiger partial charge on any atom is -0.327 e. The number of hydrogen-bond acceptors (Lipinski definition) is 3. The van der Waals surface area contributed by atoms with Crippen molar-refractivity contribution in [2.24, 2.45) is 0 Å². The van der Waals surface area contributed by atoms with Crippen LogP contribution in [0.1, 0.15) is 31.5 Å². The lowest BCUT2D eigenvalue weighted by Crippen LogP contribution is -2.03. The zero-order valence-electron chi connectivity index (χ0n) is 11.2. The van der Waals surface area contributed by atoms with Gasteiger partial charge in [-0.25, -0.2) is 13.4 Å². The largest absolute Gasteiger partial charge is 0.327 e. The van der Waals surface area contributed by atoms with Crippen molar-refractivity contribution in [3.05, 3.63) is 24.0 Å². The van der Waals surface area contributed by atoms with E-state index >= 15 is 0 Å². The Kier molecular flexibility index (Phi) is 3.87. The maximum absolute atomic E-state index is 11.8. The highest BCUT2D eigenvalue weighted by Crippen LogP contribution is 2.28. The van der Waals surface area contributed by atoms with E-state index in [1.165, 1.54) is 6.26 Å². The molecule has 4 nitrogen and oxygen atoms in total. The summed E-state index contributed by atoms with van der Waals surface area (Å²) in [5.74, 6) is 0.717. The normalized spacial score (nSPS) is 13.9. The van der Waals surface area contributed by atoms with Crippen molar-refractivity contribution >= 4 is 32.5 Å². The number of aryl methyl sites for hydroxylation is 1. The molecule has 1 aromatic heterocycles. The third kappa shape index (κ3) is 2.62. The average Bonchev–Trinajstić information content (AvgIpc) is 2.67. The first-order valence-electron chi connectivity index (χ1n) is 6.19. The standard InChI is InChI=1S/C13H17ClN2O2S/c1-4-8-16-10-6-5-7-11(19(3,17)18)12(10)15-13(16)9(2)14/h5-7,9H,4,8H2,1-3H3. The summed E-state index contributed by atoms with van der Waals surface area (Å²) in [6.07, 6.45) is 2.13. The fourth-order valence-electron chi connectivity index (χ4n) is 2.20. The first-order chi connectivity index (χ1) is 8.86. The van der Waals surface area contributed by atoms with Crippen LogP contribution in [0.25, 0.3) is 11.0 Å². The van der Waals surface area contributed by atoms with Gasteiger partial charge in [0, 0.05) is 12.8 Å². The molecule has 1 unspecified atom stereocenters. The van der Waals surface area contributed by atoms with E-state index in [0.717, 1.165) is 24.3 Å². The van der Waals surface area contributed by atoms with Crippen molar-refractivity contribution in [3.8, 4) is 0 Å². The minimum absolute atomic E-state index is 0.258. The Balaban J connectivity index is 2.83. The number of nitrogens with zero attached hydrogens (tertiary/aromatic N) is 2. The molecule has 1 heterocycles. The van der Waals surface area contributed by atoms with Gasteiger partial charge < -0.3 is 4.57 Å². The third-order valence-corrected chi connectivity index (χ3v) is 4.30. The summed E-state index contributed by atoms with van der Waals surface area (Å²) in [4.78, 5) is 4.71. The van der Waals surface area contributed by atoms with Gasteiger partial charge in [-0.15, -0.1) is 11.6 Å². The van der Waals surface area contributed by atoms with Crippen molar-refractivity contribution in [3.63, 3.8) is 0 Å². The van der Waals surface area contributed by atoms with Gasteiger partial charge >= 0.3 is 0 Å². The summed E-state index contributed by atoms with van der Waals surface area (Å²) in [7, 11) is -3.29. The number of aromatic nitrogens is 2. The summed E-state index contributed by atoms with van der Waals surface area (Å²) in [5, 5.41) is -0.258. The molecule has 0 fully saturated rings. The Hall–Kier alpha value is -1.07.